The fraction of sp³-hybridized carbons (Fsp3) is 0.0769. The molecule has 2 aromatic rings. The van der Waals surface area contributed by atoms with Crippen molar-refractivity contribution < 1.29 is 37.9 Å². The number of benzene rings is 2. The molecular formula is C13H8F3I2O-. The Morgan fingerprint density at radius 2 is 1.79 bits per heavy atom. The van der Waals surface area contributed by atoms with E-state index < -0.39 is 33.3 Å². The van der Waals surface area contributed by atoms with Gasteiger partial charge in [0.2, 0.25) is 0 Å². The van der Waals surface area contributed by atoms with Crippen LogP contribution in [0.4, 0.5) is 13.2 Å². The molecule has 2 rings (SSSR count). The average molecular weight is 491 g/mol. The van der Waals surface area contributed by atoms with Crippen molar-refractivity contribution >= 4 is 22.6 Å². The minimum absolute atomic E-state index is 0.133. The third-order valence-electron chi connectivity index (χ3n) is 2.34. The molecule has 0 amide bonds. The van der Waals surface area contributed by atoms with Gasteiger partial charge in [0.05, 0.1) is 0 Å². The Kier molecular flexibility index (Phi) is 4.93. The van der Waals surface area contributed by atoms with Crippen molar-refractivity contribution in [3.63, 3.8) is 0 Å². The van der Waals surface area contributed by atoms with Crippen LogP contribution in [-0.2, 0) is 0 Å². The SMILES string of the molecule is Cc1ccc([I-]Oc2ccc(I)c(F)c2F)cc1F. The molecule has 0 radical (unpaired) electrons. The molecule has 0 N–H and O–H groups in total. The van der Waals surface area contributed by atoms with Crippen molar-refractivity contribution in [2.24, 2.45) is 0 Å². The first-order chi connectivity index (χ1) is 8.99. The van der Waals surface area contributed by atoms with Crippen molar-refractivity contribution in [2.45, 2.75) is 6.92 Å². The standard InChI is InChI=1S/C13H8F3I2O/c1-7-2-3-8(6-9(7)14)18-19-11-5-4-10(17)12(15)13(11)16/h2-6H,1H3/q-1. The van der Waals surface area contributed by atoms with Crippen molar-refractivity contribution in [1.82, 2.24) is 0 Å². The number of hydrogen-bond acceptors (Lipinski definition) is 1. The first kappa shape index (κ1) is 14.9. The third kappa shape index (κ3) is 3.53. The fourth-order valence-corrected chi connectivity index (χ4v) is 3.24. The fourth-order valence-electron chi connectivity index (χ4n) is 1.27. The van der Waals surface area contributed by atoms with E-state index in [9.17, 15) is 13.2 Å². The zero-order valence-electron chi connectivity index (χ0n) is 9.68. The topological polar surface area (TPSA) is 9.23 Å². The van der Waals surface area contributed by atoms with E-state index in [2.05, 4.69) is 0 Å². The van der Waals surface area contributed by atoms with E-state index in [1.165, 1.54) is 18.2 Å². The van der Waals surface area contributed by atoms with E-state index in [0.717, 1.165) is 0 Å². The molecule has 1 nitrogen and oxygen atoms in total. The first-order valence-corrected chi connectivity index (χ1v) is 8.24. The van der Waals surface area contributed by atoms with Gasteiger partial charge in [0.1, 0.15) is 0 Å². The maximum atomic E-state index is 13.5. The van der Waals surface area contributed by atoms with Crippen molar-refractivity contribution in [3.8, 4) is 5.75 Å². The van der Waals surface area contributed by atoms with E-state index in [1.807, 2.05) is 0 Å². The second kappa shape index (κ2) is 6.29. The van der Waals surface area contributed by atoms with Gasteiger partial charge < -0.3 is 0 Å². The van der Waals surface area contributed by atoms with Gasteiger partial charge in [-0.05, 0) is 0 Å². The Hall–Kier alpha value is -0.510. The Morgan fingerprint density at radius 1 is 1.05 bits per heavy atom. The molecule has 0 aromatic heterocycles. The summed E-state index contributed by atoms with van der Waals surface area (Å²) in [6, 6.07) is 7.55. The van der Waals surface area contributed by atoms with Crippen LogP contribution < -0.4 is 24.7 Å². The van der Waals surface area contributed by atoms with Crippen LogP contribution in [0.1, 0.15) is 5.56 Å². The van der Waals surface area contributed by atoms with Gasteiger partial charge in [0.25, 0.3) is 0 Å². The van der Waals surface area contributed by atoms with Crippen LogP contribution in [-0.4, -0.2) is 0 Å². The summed E-state index contributed by atoms with van der Waals surface area (Å²) in [5, 5.41) is 0. The molecule has 2 aromatic carbocycles. The van der Waals surface area contributed by atoms with Crippen LogP contribution in [0, 0.1) is 31.5 Å². The summed E-state index contributed by atoms with van der Waals surface area (Å²) in [7, 11) is 0. The summed E-state index contributed by atoms with van der Waals surface area (Å²) < 4.78 is 46.3. The Morgan fingerprint density at radius 3 is 2.47 bits per heavy atom. The molecule has 0 saturated carbocycles. The molecule has 0 spiro atoms. The van der Waals surface area contributed by atoms with Crippen LogP contribution >= 0.6 is 22.6 Å². The summed E-state index contributed by atoms with van der Waals surface area (Å²) >= 11 is 0.633. The van der Waals surface area contributed by atoms with Crippen LogP contribution in [0.15, 0.2) is 30.3 Å². The predicted octanol–water partition coefficient (Wildman–Crippen LogP) is 1.27. The van der Waals surface area contributed by atoms with E-state index in [-0.39, 0.29) is 15.1 Å². The number of hydrogen-bond donors (Lipinski definition) is 0. The van der Waals surface area contributed by atoms with Gasteiger partial charge in [-0.25, -0.2) is 0 Å². The van der Waals surface area contributed by atoms with Gasteiger partial charge in [0, 0.05) is 0 Å². The zero-order valence-corrected chi connectivity index (χ0v) is 14.0. The summed E-state index contributed by atoms with van der Waals surface area (Å²) in [5.41, 5.74) is 0.541. The zero-order chi connectivity index (χ0) is 14.0. The van der Waals surface area contributed by atoms with Crippen molar-refractivity contribution in [1.29, 1.82) is 0 Å². The van der Waals surface area contributed by atoms with E-state index in [1.54, 1.807) is 41.6 Å². The first-order valence-electron chi connectivity index (χ1n) is 5.20. The van der Waals surface area contributed by atoms with Crippen LogP contribution in [0.25, 0.3) is 0 Å². The summed E-state index contributed by atoms with van der Waals surface area (Å²) in [6.07, 6.45) is 0. The van der Waals surface area contributed by atoms with Gasteiger partial charge in [0.15, 0.2) is 0 Å². The number of halogens is 5. The van der Waals surface area contributed by atoms with E-state index >= 15 is 0 Å². The van der Waals surface area contributed by atoms with Crippen LogP contribution in [0.2, 0.25) is 0 Å². The van der Waals surface area contributed by atoms with Gasteiger partial charge >= 0.3 is 134 Å². The van der Waals surface area contributed by atoms with E-state index in [0.29, 0.717) is 9.13 Å². The number of rotatable bonds is 3. The van der Waals surface area contributed by atoms with Gasteiger partial charge in [-0.3, -0.25) is 0 Å². The summed E-state index contributed by atoms with van der Waals surface area (Å²) in [5.74, 6) is -2.38. The molecule has 0 aliphatic rings. The second-order valence-electron chi connectivity index (χ2n) is 3.72. The van der Waals surface area contributed by atoms with Crippen LogP contribution in [0.5, 0.6) is 5.75 Å². The molecule has 102 valence electrons. The molecule has 0 heterocycles. The summed E-state index contributed by atoms with van der Waals surface area (Å²) in [4.78, 5) is 0. The Labute approximate surface area is 133 Å². The molecule has 0 fully saturated rings. The minimum atomic E-state index is -1.07. The molecule has 0 aliphatic carbocycles. The van der Waals surface area contributed by atoms with Crippen molar-refractivity contribution in [3.05, 3.63) is 60.5 Å². The Bertz CT molecular complexity index is 617. The number of aryl methyl sites for hydroxylation is 1. The molecule has 0 aliphatic heterocycles. The third-order valence-corrected chi connectivity index (χ3v) is 5.05. The molecule has 0 bridgehead atoms. The molecule has 19 heavy (non-hydrogen) atoms. The maximum absolute atomic E-state index is 13.5. The molecule has 0 atom stereocenters. The van der Waals surface area contributed by atoms with Gasteiger partial charge in [-0.2, -0.15) is 0 Å². The van der Waals surface area contributed by atoms with Crippen molar-refractivity contribution in [2.75, 3.05) is 0 Å². The molecule has 6 heteroatoms. The Balaban J connectivity index is 2.14. The normalized spacial score (nSPS) is 10.8. The van der Waals surface area contributed by atoms with Gasteiger partial charge in [-0.1, -0.05) is 0 Å². The monoisotopic (exact) mass is 491 g/mol. The summed E-state index contributed by atoms with van der Waals surface area (Å²) in [6.45, 7) is 1.66. The quantitative estimate of drug-likeness (QED) is 0.465. The molecule has 0 saturated heterocycles. The molecule has 0 unspecified atom stereocenters. The second-order valence-corrected chi connectivity index (χ2v) is 7.01. The van der Waals surface area contributed by atoms with E-state index in [4.69, 9.17) is 3.07 Å². The van der Waals surface area contributed by atoms with Gasteiger partial charge in [-0.15, -0.1) is 0 Å². The molecular weight excluding hydrogens is 483 g/mol. The predicted molar refractivity (Wildman–Crippen MR) is 69.5 cm³/mol. The average Bonchev–Trinajstić information content (AvgIpc) is 2.39. The van der Waals surface area contributed by atoms with Crippen LogP contribution in [0.3, 0.4) is 0 Å².